The van der Waals surface area contributed by atoms with Crippen molar-refractivity contribution < 1.29 is 0 Å². The third-order valence-corrected chi connectivity index (χ3v) is 3.41. The van der Waals surface area contributed by atoms with E-state index in [4.69, 9.17) is 22.6 Å². The van der Waals surface area contributed by atoms with E-state index in [0.717, 1.165) is 18.4 Å². The molecule has 3 heteroatoms. The molecule has 0 saturated carbocycles. The van der Waals surface area contributed by atoms with Crippen LogP contribution in [-0.2, 0) is 19.3 Å². The molecule has 1 aliphatic rings. The van der Waals surface area contributed by atoms with Gasteiger partial charge in [-0.15, -0.1) is 0 Å². The molecule has 0 unspecified atom stereocenters. The lowest BCUT2D eigenvalue weighted by molar-refractivity contribution is 0.685. The monoisotopic (exact) mass is 220 g/mol. The molecule has 2 nitrogen and oxygen atoms in total. The second kappa shape index (κ2) is 4.12. The predicted octanol–water partition coefficient (Wildman–Crippen LogP) is 2.87. The summed E-state index contributed by atoms with van der Waals surface area (Å²) in [6, 6.07) is 4.17. The standard InChI is InChI=1S/C12H13ClN2/c13-11-10-4-2-1-3-8(10)7-9(5-6-14)12(11)15/h7H,1-5,15H2. The van der Waals surface area contributed by atoms with Crippen molar-refractivity contribution in [1.82, 2.24) is 0 Å². The molecule has 0 radical (unpaired) electrons. The highest BCUT2D eigenvalue weighted by molar-refractivity contribution is 6.34. The predicted molar refractivity (Wildman–Crippen MR) is 61.8 cm³/mol. The summed E-state index contributed by atoms with van der Waals surface area (Å²) in [7, 11) is 0. The number of aryl methyl sites for hydroxylation is 1. The molecule has 2 rings (SSSR count). The summed E-state index contributed by atoms with van der Waals surface area (Å²) in [6.45, 7) is 0. The Bertz CT molecular complexity index is 432. The highest BCUT2D eigenvalue weighted by Gasteiger charge is 2.17. The molecule has 0 heterocycles. The number of nitrogen functional groups attached to an aromatic ring is 1. The average Bonchev–Trinajstić information content (AvgIpc) is 2.26. The smallest absolute Gasteiger partial charge is 0.0673 e. The fourth-order valence-electron chi connectivity index (χ4n) is 2.16. The van der Waals surface area contributed by atoms with E-state index < -0.39 is 0 Å². The van der Waals surface area contributed by atoms with Crippen LogP contribution in [0.15, 0.2) is 6.07 Å². The van der Waals surface area contributed by atoms with Crippen LogP contribution in [0.4, 0.5) is 5.69 Å². The largest absolute Gasteiger partial charge is 0.397 e. The second-order valence-electron chi connectivity index (χ2n) is 3.94. The van der Waals surface area contributed by atoms with Crippen molar-refractivity contribution in [2.24, 2.45) is 0 Å². The summed E-state index contributed by atoms with van der Waals surface area (Å²) in [6.07, 6.45) is 4.82. The van der Waals surface area contributed by atoms with Crippen LogP contribution < -0.4 is 5.73 Å². The Morgan fingerprint density at radius 2 is 2.13 bits per heavy atom. The Morgan fingerprint density at radius 1 is 1.40 bits per heavy atom. The molecule has 0 bridgehead atoms. The topological polar surface area (TPSA) is 49.8 Å². The zero-order valence-corrected chi connectivity index (χ0v) is 9.27. The van der Waals surface area contributed by atoms with E-state index in [1.54, 1.807) is 0 Å². The number of benzene rings is 1. The molecule has 1 aromatic carbocycles. The van der Waals surface area contributed by atoms with Crippen molar-refractivity contribution in [3.63, 3.8) is 0 Å². The summed E-state index contributed by atoms with van der Waals surface area (Å²) in [4.78, 5) is 0. The first kappa shape index (κ1) is 10.3. The minimum atomic E-state index is 0.346. The van der Waals surface area contributed by atoms with Gasteiger partial charge in [0.05, 0.1) is 23.2 Å². The molecule has 0 atom stereocenters. The Balaban J connectivity index is 2.53. The van der Waals surface area contributed by atoms with Crippen molar-refractivity contribution >= 4 is 17.3 Å². The van der Waals surface area contributed by atoms with Crippen LogP contribution in [0.25, 0.3) is 0 Å². The highest BCUT2D eigenvalue weighted by atomic mass is 35.5. The zero-order valence-electron chi connectivity index (χ0n) is 8.52. The molecule has 1 aliphatic carbocycles. The van der Waals surface area contributed by atoms with Gasteiger partial charge in [-0.2, -0.15) is 5.26 Å². The number of halogens is 1. The number of anilines is 1. The lowest BCUT2D eigenvalue weighted by Gasteiger charge is -2.19. The van der Waals surface area contributed by atoms with Gasteiger partial charge in [0.1, 0.15) is 0 Å². The molecular weight excluding hydrogens is 208 g/mol. The van der Waals surface area contributed by atoms with E-state index in [2.05, 4.69) is 12.1 Å². The van der Waals surface area contributed by atoms with E-state index in [1.165, 1.54) is 24.0 Å². The Morgan fingerprint density at radius 3 is 2.87 bits per heavy atom. The Hall–Kier alpha value is -1.20. The molecule has 0 amide bonds. The third kappa shape index (κ3) is 1.80. The van der Waals surface area contributed by atoms with Gasteiger partial charge in [0.2, 0.25) is 0 Å². The van der Waals surface area contributed by atoms with Gasteiger partial charge in [-0.3, -0.25) is 0 Å². The lowest BCUT2D eigenvalue weighted by Crippen LogP contribution is -2.07. The van der Waals surface area contributed by atoms with Gasteiger partial charge in [0, 0.05) is 0 Å². The van der Waals surface area contributed by atoms with Gasteiger partial charge in [-0.1, -0.05) is 17.7 Å². The van der Waals surface area contributed by atoms with E-state index in [-0.39, 0.29) is 0 Å². The van der Waals surface area contributed by atoms with Gasteiger partial charge < -0.3 is 5.73 Å². The van der Waals surface area contributed by atoms with Crippen LogP contribution in [0.2, 0.25) is 5.02 Å². The van der Waals surface area contributed by atoms with Crippen LogP contribution in [-0.4, -0.2) is 0 Å². The maximum absolute atomic E-state index is 8.69. The van der Waals surface area contributed by atoms with E-state index >= 15 is 0 Å². The number of rotatable bonds is 1. The summed E-state index contributed by atoms with van der Waals surface area (Å²) in [5, 5.41) is 9.37. The average molecular weight is 221 g/mol. The van der Waals surface area contributed by atoms with Gasteiger partial charge in [0.25, 0.3) is 0 Å². The molecule has 1 aromatic rings. The number of hydrogen-bond donors (Lipinski definition) is 1. The van der Waals surface area contributed by atoms with E-state index in [9.17, 15) is 0 Å². The fraction of sp³-hybridized carbons (Fsp3) is 0.417. The third-order valence-electron chi connectivity index (χ3n) is 2.98. The molecule has 0 spiro atoms. The summed E-state index contributed by atoms with van der Waals surface area (Å²) < 4.78 is 0. The minimum absolute atomic E-state index is 0.346. The maximum atomic E-state index is 8.69. The molecular formula is C12H13ClN2. The van der Waals surface area contributed by atoms with Gasteiger partial charge in [0.15, 0.2) is 0 Å². The molecule has 0 aromatic heterocycles. The first-order valence-electron chi connectivity index (χ1n) is 5.19. The number of nitrogens with two attached hydrogens (primary N) is 1. The van der Waals surface area contributed by atoms with Crippen LogP contribution in [0.1, 0.15) is 29.5 Å². The van der Waals surface area contributed by atoms with Gasteiger partial charge in [-0.05, 0) is 42.4 Å². The van der Waals surface area contributed by atoms with Gasteiger partial charge >= 0.3 is 0 Å². The molecule has 0 aliphatic heterocycles. The van der Waals surface area contributed by atoms with Crippen LogP contribution in [0.3, 0.4) is 0 Å². The minimum Gasteiger partial charge on any atom is -0.397 e. The first-order valence-corrected chi connectivity index (χ1v) is 5.57. The first-order chi connectivity index (χ1) is 7.24. The molecule has 2 N–H and O–H groups in total. The molecule has 15 heavy (non-hydrogen) atoms. The fourth-order valence-corrected chi connectivity index (χ4v) is 2.50. The van der Waals surface area contributed by atoms with Gasteiger partial charge in [-0.25, -0.2) is 0 Å². The van der Waals surface area contributed by atoms with E-state index in [0.29, 0.717) is 17.1 Å². The molecule has 0 fully saturated rings. The Kier molecular flexibility index (Phi) is 2.83. The maximum Gasteiger partial charge on any atom is 0.0673 e. The van der Waals surface area contributed by atoms with Crippen LogP contribution in [0, 0.1) is 11.3 Å². The lowest BCUT2D eigenvalue weighted by atomic mass is 9.89. The van der Waals surface area contributed by atoms with Crippen LogP contribution >= 0.6 is 11.6 Å². The summed E-state index contributed by atoms with van der Waals surface area (Å²) >= 11 is 6.22. The highest BCUT2D eigenvalue weighted by Crippen LogP contribution is 2.34. The van der Waals surface area contributed by atoms with E-state index in [1.807, 2.05) is 0 Å². The number of nitriles is 1. The number of nitrogens with zero attached hydrogens (tertiary/aromatic N) is 1. The normalized spacial score (nSPS) is 14.4. The summed E-state index contributed by atoms with van der Waals surface area (Å²) in [5.74, 6) is 0. The Labute approximate surface area is 94.7 Å². The number of hydrogen-bond acceptors (Lipinski definition) is 2. The number of fused-ring (bicyclic) bond motifs is 1. The SMILES string of the molecule is N#CCc1cc2c(c(Cl)c1N)CCCC2. The van der Waals surface area contributed by atoms with Crippen molar-refractivity contribution in [3.05, 3.63) is 27.8 Å². The van der Waals surface area contributed by atoms with Crippen molar-refractivity contribution in [3.8, 4) is 6.07 Å². The zero-order chi connectivity index (χ0) is 10.8. The van der Waals surface area contributed by atoms with Crippen molar-refractivity contribution in [2.45, 2.75) is 32.1 Å². The molecule has 0 saturated heterocycles. The quantitative estimate of drug-likeness (QED) is 0.740. The molecule has 78 valence electrons. The second-order valence-corrected chi connectivity index (χ2v) is 4.32. The summed E-state index contributed by atoms with van der Waals surface area (Å²) in [5.41, 5.74) is 9.86. The van der Waals surface area contributed by atoms with Crippen molar-refractivity contribution in [1.29, 1.82) is 5.26 Å². The van der Waals surface area contributed by atoms with Crippen molar-refractivity contribution in [2.75, 3.05) is 5.73 Å². The van der Waals surface area contributed by atoms with Crippen LogP contribution in [0.5, 0.6) is 0 Å².